The van der Waals surface area contributed by atoms with E-state index in [1.165, 1.54) is 12.1 Å². The van der Waals surface area contributed by atoms with E-state index in [0.717, 1.165) is 27.7 Å². The molecule has 2 aromatic rings. The van der Waals surface area contributed by atoms with E-state index in [0.29, 0.717) is 13.1 Å². The van der Waals surface area contributed by atoms with Crippen molar-refractivity contribution < 1.29 is 4.39 Å². The lowest BCUT2D eigenvalue weighted by Crippen LogP contribution is -2.16. The van der Waals surface area contributed by atoms with Gasteiger partial charge in [0.2, 0.25) is 0 Å². The first-order valence-electron chi connectivity index (χ1n) is 6.28. The second kappa shape index (κ2) is 6.12. The second-order valence-electron chi connectivity index (χ2n) is 4.41. The molecule has 1 heterocycles. The van der Waals surface area contributed by atoms with Gasteiger partial charge < -0.3 is 10.6 Å². The molecule has 0 fully saturated rings. The summed E-state index contributed by atoms with van der Waals surface area (Å²) < 4.78 is 12.9. The average molecular weight is 279 g/mol. The van der Waals surface area contributed by atoms with Gasteiger partial charge in [-0.15, -0.1) is 11.3 Å². The Hall–Kier alpha value is -1.46. The number of nitrogens with zero attached hydrogens (tertiary/aromatic N) is 2. The van der Waals surface area contributed by atoms with Crippen LogP contribution in [0, 0.1) is 5.82 Å². The first-order chi connectivity index (χ1) is 9.13. The van der Waals surface area contributed by atoms with Crippen LogP contribution in [0.1, 0.15) is 23.1 Å². The molecule has 0 bridgehead atoms. The fraction of sp³-hybridized carbons (Fsp3) is 0.357. The van der Waals surface area contributed by atoms with Crippen molar-refractivity contribution in [1.29, 1.82) is 0 Å². The molecule has 0 aliphatic carbocycles. The minimum Gasteiger partial charge on any atom is -0.347 e. The molecule has 1 aromatic heterocycles. The van der Waals surface area contributed by atoms with Crippen LogP contribution in [0.2, 0.25) is 0 Å². The minimum absolute atomic E-state index is 0.209. The van der Waals surface area contributed by atoms with Gasteiger partial charge in [-0.25, -0.2) is 9.37 Å². The number of nitrogens with two attached hydrogens (primary N) is 1. The van der Waals surface area contributed by atoms with Crippen LogP contribution in [0.15, 0.2) is 24.3 Å². The zero-order valence-corrected chi connectivity index (χ0v) is 12.0. The Kier molecular flexibility index (Phi) is 4.50. The zero-order chi connectivity index (χ0) is 13.8. The standard InChI is InChI=1S/C14H18FN3S/c1-3-12-13(8-16)19-14(17-12)18(2)9-10-4-6-11(15)7-5-10/h4-7H,3,8-9,16H2,1-2H3. The van der Waals surface area contributed by atoms with E-state index in [1.54, 1.807) is 23.5 Å². The van der Waals surface area contributed by atoms with Crippen molar-refractivity contribution in [3.05, 3.63) is 46.2 Å². The van der Waals surface area contributed by atoms with Gasteiger partial charge >= 0.3 is 0 Å². The Bertz CT molecular complexity index is 515. The molecule has 0 amide bonds. The van der Waals surface area contributed by atoms with Gasteiger partial charge in [0.1, 0.15) is 5.82 Å². The summed E-state index contributed by atoms with van der Waals surface area (Å²) in [7, 11) is 1.99. The third-order valence-electron chi connectivity index (χ3n) is 2.95. The summed E-state index contributed by atoms with van der Waals surface area (Å²) in [5.74, 6) is -0.209. The number of rotatable bonds is 5. The summed E-state index contributed by atoms with van der Waals surface area (Å²) in [6.45, 7) is 3.32. The normalized spacial score (nSPS) is 10.7. The van der Waals surface area contributed by atoms with Gasteiger partial charge in [0.15, 0.2) is 5.13 Å². The summed E-state index contributed by atoms with van der Waals surface area (Å²) in [4.78, 5) is 7.81. The maximum absolute atomic E-state index is 12.9. The topological polar surface area (TPSA) is 42.2 Å². The monoisotopic (exact) mass is 279 g/mol. The third kappa shape index (κ3) is 3.30. The van der Waals surface area contributed by atoms with Crippen molar-refractivity contribution in [2.75, 3.05) is 11.9 Å². The molecule has 5 heteroatoms. The van der Waals surface area contributed by atoms with Crippen molar-refractivity contribution in [3.8, 4) is 0 Å². The van der Waals surface area contributed by atoms with Crippen LogP contribution in [-0.2, 0) is 19.5 Å². The predicted molar refractivity (Wildman–Crippen MR) is 77.9 cm³/mol. The van der Waals surface area contributed by atoms with Crippen molar-refractivity contribution in [2.45, 2.75) is 26.4 Å². The Morgan fingerprint density at radius 1 is 1.32 bits per heavy atom. The molecule has 2 N–H and O–H groups in total. The van der Waals surface area contributed by atoms with Crippen molar-refractivity contribution in [1.82, 2.24) is 4.98 Å². The number of halogens is 1. The van der Waals surface area contributed by atoms with Gasteiger partial charge in [-0.1, -0.05) is 19.1 Å². The van der Waals surface area contributed by atoms with Crippen LogP contribution >= 0.6 is 11.3 Å². The Labute approximate surface area is 116 Å². The fourth-order valence-electron chi connectivity index (χ4n) is 1.90. The Balaban J connectivity index is 2.13. The maximum Gasteiger partial charge on any atom is 0.185 e. The molecule has 0 spiro atoms. The number of hydrogen-bond acceptors (Lipinski definition) is 4. The zero-order valence-electron chi connectivity index (χ0n) is 11.2. The summed E-state index contributed by atoms with van der Waals surface area (Å²) in [5, 5.41) is 0.960. The van der Waals surface area contributed by atoms with Crippen molar-refractivity contribution in [2.24, 2.45) is 5.73 Å². The van der Waals surface area contributed by atoms with Crippen LogP contribution in [0.3, 0.4) is 0 Å². The highest BCUT2D eigenvalue weighted by atomic mass is 32.1. The minimum atomic E-state index is -0.209. The SMILES string of the molecule is CCc1nc(N(C)Cc2ccc(F)cc2)sc1CN. The summed E-state index contributed by atoms with van der Waals surface area (Å²) in [6.07, 6.45) is 0.896. The molecule has 0 unspecified atom stereocenters. The van der Waals surface area contributed by atoms with E-state index < -0.39 is 0 Å². The van der Waals surface area contributed by atoms with Gasteiger partial charge in [-0.2, -0.15) is 0 Å². The smallest absolute Gasteiger partial charge is 0.185 e. The van der Waals surface area contributed by atoms with Crippen LogP contribution in [0.4, 0.5) is 9.52 Å². The molecule has 0 saturated carbocycles. The Morgan fingerprint density at radius 3 is 2.53 bits per heavy atom. The molecular formula is C14H18FN3S. The summed E-state index contributed by atoms with van der Waals surface area (Å²) in [6, 6.07) is 6.55. The van der Waals surface area contributed by atoms with Gasteiger partial charge in [0.25, 0.3) is 0 Å². The highest BCUT2D eigenvalue weighted by Crippen LogP contribution is 2.26. The quantitative estimate of drug-likeness (QED) is 0.915. The van der Waals surface area contributed by atoms with E-state index in [4.69, 9.17) is 5.73 Å². The Morgan fingerprint density at radius 2 is 2.00 bits per heavy atom. The number of thiazole rings is 1. The van der Waals surface area contributed by atoms with Crippen LogP contribution in [0.25, 0.3) is 0 Å². The number of benzene rings is 1. The van der Waals surface area contributed by atoms with Gasteiger partial charge in [-0.05, 0) is 24.1 Å². The van der Waals surface area contributed by atoms with E-state index in [1.807, 2.05) is 7.05 Å². The van der Waals surface area contributed by atoms with Gasteiger partial charge in [-0.3, -0.25) is 0 Å². The molecule has 2 rings (SSSR count). The second-order valence-corrected chi connectivity index (χ2v) is 5.47. The predicted octanol–water partition coefficient (Wildman–Crippen LogP) is 2.94. The molecule has 0 radical (unpaired) electrons. The maximum atomic E-state index is 12.9. The van der Waals surface area contributed by atoms with Crippen LogP contribution < -0.4 is 10.6 Å². The van der Waals surface area contributed by atoms with E-state index >= 15 is 0 Å². The molecule has 102 valence electrons. The lowest BCUT2D eigenvalue weighted by molar-refractivity contribution is 0.627. The molecule has 0 aliphatic rings. The lowest BCUT2D eigenvalue weighted by Gasteiger charge is -2.15. The summed E-state index contributed by atoms with van der Waals surface area (Å²) in [5.41, 5.74) is 7.86. The van der Waals surface area contributed by atoms with Crippen molar-refractivity contribution in [3.63, 3.8) is 0 Å². The highest BCUT2D eigenvalue weighted by molar-refractivity contribution is 7.15. The van der Waals surface area contributed by atoms with E-state index in [9.17, 15) is 4.39 Å². The number of aromatic nitrogens is 1. The largest absolute Gasteiger partial charge is 0.347 e. The lowest BCUT2D eigenvalue weighted by atomic mass is 10.2. The molecule has 0 atom stereocenters. The molecule has 1 aromatic carbocycles. The molecular weight excluding hydrogens is 261 g/mol. The van der Waals surface area contributed by atoms with Gasteiger partial charge in [0.05, 0.1) is 5.69 Å². The van der Waals surface area contributed by atoms with Gasteiger partial charge in [0, 0.05) is 25.0 Å². The molecule has 19 heavy (non-hydrogen) atoms. The number of anilines is 1. The number of hydrogen-bond donors (Lipinski definition) is 1. The summed E-state index contributed by atoms with van der Waals surface area (Å²) >= 11 is 1.63. The van der Waals surface area contributed by atoms with Crippen LogP contribution in [-0.4, -0.2) is 12.0 Å². The molecule has 0 aliphatic heterocycles. The molecule has 0 saturated heterocycles. The first-order valence-corrected chi connectivity index (χ1v) is 7.10. The van der Waals surface area contributed by atoms with E-state index in [2.05, 4.69) is 16.8 Å². The highest BCUT2D eigenvalue weighted by Gasteiger charge is 2.12. The van der Waals surface area contributed by atoms with Crippen LogP contribution in [0.5, 0.6) is 0 Å². The van der Waals surface area contributed by atoms with Crippen molar-refractivity contribution >= 4 is 16.5 Å². The third-order valence-corrected chi connectivity index (χ3v) is 4.18. The van der Waals surface area contributed by atoms with E-state index in [-0.39, 0.29) is 5.82 Å². The first kappa shape index (κ1) is 14.0. The fourth-order valence-corrected chi connectivity index (χ4v) is 2.89. The number of aryl methyl sites for hydroxylation is 1. The molecule has 3 nitrogen and oxygen atoms in total. The average Bonchev–Trinajstić information content (AvgIpc) is 2.84.